The van der Waals surface area contributed by atoms with E-state index in [4.69, 9.17) is 5.21 Å². The van der Waals surface area contributed by atoms with Gasteiger partial charge in [-0.15, -0.1) is 0 Å². The fourth-order valence-corrected chi connectivity index (χ4v) is 0. The zero-order valence-corrected chi connectivity index (χ0v) is 1.97. The number of hydrogen-bond donors (Lipinski definition) is 1. The van der Waals surface area contributed by atoms with Gasteiger partial charge in [-0.2, -0.15) is 0 Å². The van der Waals surface area contributed by atoms with Crippen LogP contribution in [0.2, 0.25) is 0 Å². The van der Waals surface area contributed by atoms with Crippen molar-refractivity contribution in [2.24, 2.45) is 5.16 Å². The fourth-order valence-electron chi connectivity index (χ4n) is 0. The molecule has 0 amide bonds. The Kier molecular flexibility index (Phi) is 2.11. The first-order valence-corrected chi connectivity index (χ1v) is 0.712. The molecule has 0 aromatic carbocycles. The maximum atomic E-state index is 7.26. The second-order valence-corrected chi connectivity index (χ2v) is 0.229. The molecule has 0 aliphatic rings. The van der Waals surface area contributed by atoms with Crippen molar-refractivity contribution in [2.45, 2.75) is 0 Å². The van der Waals surface area contributed by atoms with Crippen molar-refractivity contribution < 1.29 is 5.21 Å². The molecular formula is CHBNO. The molecule has 1 radical (unpaired) electrons. The molecule has 0 aliphatic heterocycles. The average Bonchev–Trinajstić information content (AvgIpc) is 1.37. The Balaban J connectivity index is 3.11. The van der Waals surface area contributed by atoms with Crippen LogP contribution in [0.3, 0.4) is 0 Å². The van der Waals surface area contributed by atoms with Crippen LogP contribution in [0.25, 0.3) is 0 Å². The molecule has 0 unspecified atom stereocenters. The van der Waals surface area contributed by atoms with Crippen LogP contribution in [-0.4, -0.2) is 18.5 Å². The molecule has 0 saturated carbocycles. The van der Waals surface area contributed by atoms with Gasteiger partial charge in [0.2, 0.25) is 0 Å². The average molecular weight is 53.8 g/mol. The third-order valence-electron chi connectivity index (χ3n) is 0.0577. The van der Waals surface area contributed by atoms with Crippen LogP contribution in [0, 0.1) is 0 Å². The Hall–Kier alpha value is -0.555. The van der Waals surface area contributed by atoms with Crippen molar-refractivity contribution >= 4 is 13.2 Å². The van der Waals surface area contributed by atoms with Gasteiger partial charge < -0.3 is 0 Å². The predicted molar refractivity (Wildman–Crippen MR) is 15.0 cm³/mol. The van der Waals surface area contributed by atoms with Crippen molar-refractivity contribution in [3.05, 3.63) is 0 Å². The molecule has 0 bridgehead atoms. The first-order chi connectivity index (χ1) is 1.91. The van der Waals surface area contributed by atoms with Gasteiger partial charge in [0, 0.05) is 0 Å². The third kappa shape index (κ3) is 1.44. The molecule has 0 fully saturated rings. The van der Waals surface area contributed by atoms with Crippen molar-refractivity contribution in [2.75, 3.05) is 0 Å². The zero-order chi connectivity index (χ0) is 3.41. The van der Waals surface area contributed by atoms with Crippen LogP contribution in [-0.2, 0) is 0 Å². The van der Waals surface area contributed by atoms with Gasteiger partial charge in [0.05, 0.1) is 0 Å². The molecule has 0 aliphatic carbocycles. The molecule has 4 heavy (non-hydrogen) atoms. The Labute approximate surface area is 24.8 Å². The van der Waals surface area contributed by atoms with E-state index in [9.17, 15) is 0 Å². The van der Waals surface area contributed by atoms with Crippen molar-refractivity contribution in [3.63, 3.8) is 0 Å². The summed E-state index contributed by atoms with van der Waals surface area (Å²) >= 11 is 0. The molecule has 1 N–H and O–H groups in total. The van der Waals surface area contributed by atoms with Crippen LogP contribution < -0.4 is 0 Å². The Morgan fingerprint density at radius 3 is 2.25 bits per heavy atom. The van der Waals surface area contributed by atoms with Gasteiger partial charge >= 0.3 is 23.6 Å². The molecule has 0 spiro atoms. The number of nitrogens with zero attached hydrogens (tertiary/aromatic N) is 1. The van der Waals surface area contributed by atoms with E-state index >= 15 is 0 Å². The Bertz CT molecular complexity index is 46.0. The van der Waals surface area contributed by atoms with Gasteiger partial charge in [-0.05, 0) is 0 Å². The number of rotatable bonds is 0. The SMILES string of the molecule is [B]=C=NO. The maximum absolute atomic E-state index is 7.26. The van der Waals surface area contributed by atoms with E-state index in [2.05, 4.69) is 12.6 Å². The van der Waals surface area contributed by atoms with Crippen LogP contribution >= 0.6 is 0 Å². The Morgan fingerprint density at radius 2 is 2.25 bits per heavy atom. The summed E-state index contributed by atoms with van der Waals surface area (Å²) < 4.78 is 0. The minimum absolute atomic E-state index is 1.61. The van der Waals surface area contributed by atoms with Crippen LogP contribution in [0.15, 0.2) is 5.16 Å². The molecule has 0 aromatic heterocycles. The summed E-state index contributed by atoms with van der Waals surface area (Å²) in [6.07, 6.45) is 0. The standard InChI is InChI=1S/CHBNO/c2-1-3-4/h4H. The van der Waals surface area contributed by atoms with Gasteiger partial charge in [0.1, 0.15) is 0 Å². The molecule has 19 valence electrons. The monoisotopic (exact) mass is 54.0 g/mol. The molecule has 0 heterocycles. The molecular weight excluding hydrogens is 52.8 g/mol. The summed E-state index contributed by atoms with van der Waals surface area (Å²) in [4.78, 5) is 0. The summed E-state index contributed by atoms with van der Waals surface area (Å²) in [5.74, 6) is 1.61. The Morgan fingerprint density at radius 1 is 2.00 bits per heavy atom. The zero-order valence-electron chi connectivity index (χ0n) is 1.97. The van der Waals surface area contributed by atoms with Gasteiger partial charge in [0.25, 0.3) is 0 Å². The van der Waals surface area contributed by atoms with Gasteiger partial charge in [-0.25, -0.2) is 0 Å². The van der Waals surface area contributed by atoms with Crippen LogP contribution in [0.5, 0.6) is 0 Å². The van der Waals surface area contributed by atoms with E-state index in [0.29, 0.717) is 0 Å². The summed E-state index contributed by atoms with van der Waals surface area (Å²) in [6, 6.07) is 0. The van der Waals surface area contributed by atoms with E-state index in [0.717, 1.165) is 0 Å². The number of hydrogen-bond acceptors (Lipinski definition) is 2. The van der Waals surface area contributed by atoms with Crippen LogP contribution in [0.4, 0.5) is 0 Å². The van der Waals surface area contributed by atoms with Gasteiger partial charge in [-0.1, -0.05) is 0 Å². The van der Waals surface area contributed by atoms with E-state index in [1.807, 2.05) is 0 Å². The summed E-state index contributed by atoms with van der Waals surface area (Å²) in [7, 11) is 4.36. The molecule has 2 nitrogen and oxygen atoms in total. The first-order valence-electron chi connectivity index (χ1n) is 0.712. The normalized spacial score (nSPS) is 3.75. The second-order valence-electron chi connectivity index (χ2n) is 0.229. The van der Waals surface area contributed by atoms with Crippen molar-refractivity contribution in [1.29, 1.82) is 0 Å². The predicted octanol–water partition coefficient (Wildman–Crippen LogP) is -0.551. The van der Waals surface area contributed by atoms with Gasteiger partial charge in [-0.3, -0.25) is 0 Å². The van der Waals surface area contributed by atoms with E-state index < -0.39 is 0 Å². The summed E-state index contributed by atoms with van der Waals surface area (Å²) in [6.45, 7) is 0. The quantitative estimate of drug-likeness (QED) is 0.171. The fraction of sp³-hybridized carbons (Fsp3) is 0. The topological polar surface area (TPSA) is 32.6 Å². The van der Waals surface area contributed by atoms with E-state index in [-0.39, 0.29) is 0 Å². The van der Waals surface area contributed by atoms with E-state index in [1.54, 1.807) is 5.76 Å². The minimum atomic E-state index is 1.61. The molecule has 0 atom stereocenters. The molecule has 3 heteroatoms. The summed E-state index contributed by atoms with van der Waals surface area (Å²) in [5.41, 5.74) is 0. The first kappa shape index (κ1) is 3.44. The molecule has 0 rings (SSSR count). The summed E-state index contributed by atoms with van der Waals surface area (Å²) in [5, 5.41) is 9.53. The van der Waals surface area contributed by atoms with Crippen LogP contribution in [0.1, 0.15) is 0 Å². The molecule has 0 saturated heterocycles. The van der Waals surface area contributed by atoms with Gasteiger partial charge in [0.15, 0.2) is 0 Å². The van der Waals surface area contributed by atoms with Crippen molar-refractivity contribution in [1.82, 2.24) is 0 Å². The third-order valence-corrected chi connectivity index (χ3v) is 0.0577. The van der Waals surface area contributed by atoms with Crippen molar-refractivity contribution in [3.8, 4) is 0 Å². The molecule has 0 aromatic rings. The second kappa shape index (κ2) is 2.44. The van der Waals surface area contributed by atoms with E-state index in [1.165, 1.54) is 0 Å².